The van der Waals surface area contributed by atoms with Gasteiger partial charge in [0.15, 0.2) is 0 Å². The fourth-order valence-electron chi connectivity index (χ4n) is 9.12. The maximum absolute atomic E-state index is 14.6. The van der Waals surface area contributed by atoms with Crippen LogP contribution in [0.3, 0.4) is 0 Å². The summed E-state index contributed by atoms with van der Waals surface area (Å²) in [5, 5.41) is 13.0. The van der Waals surface area contributed by atoms with Crippen LogP contribution in [0.1, 0.15) is 99.2 Å². The van der Waals surface area contributed by atoms with E-state index in [4.69, 9.17) is 23.7 Å². The summed E-state index contributed by atoms with van der Waals surface area (Å²) in [4.78, 5) is 56.6. The molecular weight excluding hydrogens is 777 g/mol. The summed E-state index contributed by atoms with van der Waals surface area (Å²) >= 11 is 0. The number of ether oxygens (including phenoxy) is 5. The minimum Gasteiger partial charge on any atom is -0.460 e. The van der Waals surface area contributed by atoms with Crippen molar-refractivity contribution < 1.29 is 48.0 Å². The maximum atomic E-state index is 14.6. The minimum atomic E-state index is -1.38. The monoisotopic (exact) mass is 832 g/mol. The van der Waals surface area contributed by atoms with Gasteiger partial charge in [-0.15, -0.1) is 0 Å². The zero-order chi connectivity index (χ0) is 42.7. The highest BCUT2D eigenvalue weighted by Crippen LogP contribution is 2.48. The fourth-order valence-corrected chi connectivity index (χ4v) is 9.12. The molecule has 2 amide bonds. The zero-order valence-corrected chi connectivity index (χ0v) is 35.1. The first kappa shape index (κ1) is 42.5. The molecule has 5 aliphatic rings. The number of hydrogen-bond donors (Lipinski definition) is 2. The van der Waals surface area contributed by atoms with Crippen molar-refractivity contribution in [2.45, 2.75) is 126 Å². The van der Waals surface area contributed by atoms with Crippen LogP contribution in [0.25, 0.3) is 6.08 Å². The normalized spacial score (nSPS) is 27.0. The Morgan fingerprint density at radius 2 is 1.62 bits per heavy atom. The molecule has 12 nitrogen and oxygen atoms in total. The van der Waals surface area contributed by atoms with E-state index >= 15 is 0 Å². The van der Waals surface area contributed by atoms with Gasteiger partial charge in [0.1, 0.15) is 30.0 Å². The van der Waals surface area contributed by atoms with Gasteiger partial charge in [0.2, 0.25) is 17.6 Å². The van der Waals surface area contributed by atoms with Crippen molar-refractivity contribution in [2.24, 2.45) is 5.92 Å². The molecule has 0 bridgehead atoms. The van der Waals surface area contributed by atoms with E-state index in [1.807, 2.05) is 78.9 Å². The number of carbonyl (C=O) groups excluding carboxylic acids is 4. The predicted molar refractivity (Wildman–Crippen MR) is 226 cm³/mol. The Bertz CT molecular complexity index is 2090. The van der Waals surface area contributed by atoms with Crippen molar-refractivity contribution in [1.82, 2.24) is 10.2 Å². The highest BCUT2D eigenvalue weighted by atomic mass is 16.8. The summed E-state index contributed by atoms with van der Waals surface area (Å²) in [5.41, 5.74) is 2.29. The number of carbonyl (C=O) groups is 4. The van der Waals surface area contributed by atoms with Gasteiger partial charge in [-0.05, 0) is 82.9 Å². The Kier molecular flexibility index (Phi) is 12.6. The molecule has 3 saturated heterocycles. The molecule has 4 fully saturated rings. The number of hydrogen-bond acceptors (Lipinski definition) is 10. The topological polar surface area (TPSA) is 153 Å². The second-order valence-corrected chi connectivity index (χ2v) is 17.8. The lowest BCUT2D eigenvalue weighted by molar-refractivity contribution is -0.157. The van der Waals surface area contributed by atoms with E-state index in [1.165, 1.54) is 0 Å². The van der Waals surface area contributed by atoms with Crippen molar-refractivity contribution in [3.05, 3.63) is 125 Å². The number of nitrogens with zero attached hydrogens (tertiary/aromatic N) is 1. The molecule has 12 heteroatoms. The van der Waals surface area contributed by atoms with Gasteiger partial charge in [0.05, 0.1) is 30.4 Å². The van der Waals surface area contributed by atoms with Crippen molar-refractivity contribution in [2.75, 3.05) is 13.2 Å². The highest BCUT2D eigenvalue weighted by Gasteiger charge is 2.55. The number of likely N-dealkylation sites (tertiary alicyclic amines) is 1. The number of amides is 2. The van der Waals surface area contributed by atoms with Gasteiger partial charge in [0.25, 0.3) is 0 Å². The van der Waals surface area contributed by atoms with Crippen LogP contribution in [0.2, 0.25) is 0 Å². The third-order valence-corrected chi connectivity index (χ3v) is 12.2. The molecule has 2 N–H and O–H groups in total. The number of esters is 2. The summed E-state index contributed by atoms with van der Waals surface area (Å²) in [7, 11) is 0. The molecule has 61 heavy (non-hydrogen) atoms. The van der Waals surface area contributed by atoms with E-state index in [2.05, 4.69) is 11.4 Å². The van der Waals surface area contributed by atoms with E-state index < -0.39 is 59.6 Å². The molecule has 0 aromatic heterocycles. The molecule has 3 aromatic carbocycles. The molecule has 3 aromatic rings. The molecule has 3 heterocycles. The van der Waals surface area contributed by atoms with E-state index in [1.54, 1.807) is 43.9 Å². The molecule has 0 radical (unpaired) electrons. The second-order valence-electron chi connectivity index (χ2n) is 17.8. The van der Waals surface area contributed by atoms with E-state index in [0.29, 0.717) is 48.6 Å². The second kappa shape index (κ2) is 18.1. The molecule has 0 spiro atoms. The summed E-state index contributed by atoms with van der Waals surface area (Å²) in [6.45, 7) is 5.28. The van der Waals surface area contributed by atoms with Gasteiger partial charge in [-0.2, -0.15) is 0 Å². The number of allylic oxidation sites excluding steroid dienone is 1. The number of nitrogens with one attached hydrogen (secondary N) is 1. The van der Waals surface area contributed by atoms with E-state index in [9.17, 15) is 24.3 Å². The SMILES string of the molecule is CC(C)(C)OC(=O)CCC(CO)NC(=O)C1CCCN1C(=O)C1=CC2OC(c3ccccc3)(c3ccccc3)OC2C(OC(=O)c2ccccc2C=CC2CCC3OC3C2)C1. The molecule has 8 rings (SSSR count). The van der Waals surface area contributed by atoms with Crippen molar-refractivity contribution in [3.63, 3.8) is 0 Å². The Balaban J connectivity index is 1.05. The first-order valence-corrected chi connectivity index (χ1v) is 21.7. The number of rotatable bonds is 13. The molecule has 3 aliphatic heterocycles. The fraction of sp³-hybridized carbons (Fsp3) is 0.469. The molecule has 8 unspecified atom stereocenters. The first-order chi connectivity index (χ1) is 29.4. The Morgan fingerprint density at radius 1 is 0.918 bits per heavy atom. The van der Waals surface area contributed by atoms with Crippen LogP contribution < -0.4 is 5.32 Å². The summed E-state index contributed by atoms with van der Waals surface area (Å²) in [6, 6.07) is 25.0. The van der Waals surface area contributed by atoms with Crippen LogP contribution in [0.4, 0.5) is 0 Å². The van der Waals surface area contributed by atoms with Crippen molar-refractivity contribution in [3.8, 4) is 0 Å². The zero-order valence-electron chi connectivity index (χ0n) is 35.1. The average Bonchev–Trinajstić information content (AvgIpc) is 3.65. The molecule has 322 valence electrons. The van der Waals surface area contributed by atoms with Crippen LogP contribution in [0.15, 0.2) is 103 Å². The lowest BCUT2D eigenvalue weighted by Crippen LogP contribution is -2.51. The van der Waals surface area contributed by atoms with Gasteiger partial charge in [-0.25, -0.2) is 4.79 Å². The number of aliphatic hydroxyl groups excluding tert-OH is 1. The summed E-state index contributed by atoms with van der Waals surface area (Å²) < 4.78 is 31.4. The van der Waals surface area contributed by atoms with Gasteiger partial charge in [0, 0.05) is 36.1 Å². The molecular formula is C49H56N2O10. The van der Waals surface area contributed by atoms with E-state index in [0.717, 1.165) is 36.0 Å². The largest absolute Gasteiger partial charge is 0.460 e. The quantitative estimate of drug-likeness (QED) is 0.146. The Hall–Kier alpha value is -5.14. The average molecular weight is 833 g/mol. The Morgan fingerprint density at radius 3 is 2.31 bits per heavy atom. The van der Waals surface area contributed by atoms with Crippen LogP contribution in [0, 0.1) is 5.92 Å². The smallest absolute Gasteiger partial charge is 0.339 e. The third-order valence-electron chi connectivity index (χ3n) is 12.2. The predicted octanol–water partition coefficient (Wildman–Crippen LogP) is 6.40. The summed E-state index contributed by atoms with van der Waals surface area (Å²) in [5.74, 6) is -2.78. The van der Waals surface area contributed by atoms with Crippen LogP contribution in [-0.4, -0.2) is 95.1 Å². The lowest BCUT2D eigenvalue weighted by Gasteiger charge is -2.33. The van der Waals surface area contributed by atoms with Gasteiger partial charge in [-0.1, -0.05) is 91.0 Å². The lowest BCUT2D eigenvalue weighted by atomic mass is 9.88. The van der Waals surface area contributed by atoms with Crippen molar-refractivity contribution >= 4 is 29.8 Å². The van der Waals surface area contributed by atoms with Crippen LogP contribution >= 0.6 is 0 Å². The highest BCUT2D eigenvalue weighted by molar-refractivity contribution is 5.98. The third kappa shape index (κ3) is 9.68. The van der Waals surface area contributed by atoms with Gasteiger partial charge in [-0.3, -0.25) is 14.4 Å². The van der Waals surface area contributed by atoms with Crippen LogP contribution in [0.5, 0.6) is 0 Å². The first-order valence-electron chi connectivity index (χ1n) is 21.7. The number of benzene rings is 3. The summed E-state index contributed by atoms with van der Waals surface area (Å²) in [6.07, 6.45) is 8.39. The Labute approximate surface area is 357 Å². The number of fused-ring (bicyclic) bond motifs is 2. The number of epoxide rings is 1. The minimum absolute atomic E-state index is 0.0126. The van der Waals surface area contributed by atoms with Gasteiger partial charge >= 0.3 is 11.9 Å². The standard InChI is InChI=1S/C49H56N2O10/c1-48(2,3)60-43(53)25-23-36(30-52)50-45(54)38-19-12-26-51(38)46(55)33-28-41(58-47(56)37-18-11-10-13-32(37)22-20-31-21-24-39-40(27-31)57-39)44-42(29-33)59-49(61-44,34-14-6-4-7-15-34)35-16-8-5-9-17-35/h4-11,13-18,20,22,29,31,36,38-42,44,52H,12,19,21,23-28,30H2,1-3H3,(H,50,54). The van der Waals surface area contributed by atoms with E-state index in [-0.39, 0.29) is 31.8 Å². The van der Waals surface area contributed by atoms with Crippen LogP contribution in [-0.2, 0) is 43.9 Å². The van der Waals surface area contributed by atoms with Gasteiger partial charge < -0.3 is 39.0 Å². The van der Waals surface area contributed by atoms with Crippen molar-refractivity contribution in [1.29, 1.82) is 0 Å². The maximum Gasteiger partial charge on any atom is 0.339 e. The molecule has 2 aliphatic carbocycles. The molecule has 8 atom stereocenters. The molecule has 1 saturated carbocycles. The number of aliphatic hydroxyl groups is 1.